The highest BCUT2D eigenvalue weighted by molar-refractivity contribution is 7.98. The number of anilines is 1. The molecular formula is C34H33F2N7O2S. The molecule has 0 radical (unpaired) electrons. The Morgan fingerprint density at radius 2 is 1.96 bits per heavy atom. The number of aromatic nitrogens is 4. The summed E-state index contributed by atoms with van der Waals surface area (Å²) in [6, 6.07) is 8.50. The van der Waals surface area contributed by atoms with E-state index in [1.165, 1.54) is 40.6 Å². The van der Waals surface area contributed by atoms with Crippen LogP contribution < -0.4 is 10.6 Å². The number of hydrogen-bond donors (Lipinski definition) is 0. The van der Waals surface area contributed by atoms with Crippen molar-refractivity contribution in [2.75, 3.05) is 24.2 Å². The van der Waals surface area contributed by atoms with E-state index in [2.05, 4.69) is 16.5 Å². The van der Waals surface area contributed by atoms with Gasteiger partial charge in [-0.25, -0.2) is 23.1 Å². The van der Waals surface area contributed by atoms with E-state index in [0.717, 1.165) is 5.56 Å². The summed E-state index contributed by atoms with van der Waals surface area (Å²) >= 11 is 1.25. The summed E-state index contributed by atoms with van der Waals surface area (Å²) in [5.41, 5.74) is 0.979. The van der Waals surface area contributed by atoms with Gasteiger partial charge in [-0.3, -0.25) is 9.78 Å². The maximum absolute atomic E-state index is 16.2. The van der Waals surface area contributed by atoms with Gasteiger partial charge in [-0.15, -0.1) is 11.8 Å². The molecule has 0 saturated carbocycles. The quantitative estimate of drug-likeness (QED) is 0.139. The van der Waals surface area contributed by atoms with Gasteiger partial charge in [-0.05, 0) is 68.0 Å². The van der Waals surface area contributed by atoms with Crippen molar-refractivity contribution < 1.29 is 13.6 Å². The Hall–Kier alpha value is -4.89. The molecule has 0 spiro atoms. The normalized spacial score (nSPS) is 16.8. The first-order valence-electron chi connectivity index (χ1n) is 14.7. The Bertz CT molecular complexity index is 1990. The molecular weight excluding hydrogens is 608 g/mol. The maximum Gasteiger partial charge on any atom is 0.355 e. The minimum atomic E-state index is -0.790. The van der Waals surface area contributed by atoms with Crippen LogP contribution in [0.15, 0.2) is 71.0 Å². The van der Waals surface area contributed by atoms with Crippen LogP contribution in [0.5, 0.6) is 0 Å². The van der Waals surface area contributed by atoms with E-state index < -0.39 is 23.4 Å². The second-order valence-corrected chi connectivity index (χ2v) is 12.2. The predicted molar refractivity (Wildman–Crippen MR) is 176 cm³/mol. The lowest BCUT2D eigenvalue weighted by Crippen LogP contribution is -2.58. The van der Waals surface area contributed by atoms with Crippen LogP contribution in [0, 0.1) is 29.9 Å². The molecule has 1 aromatic carbocycles. The molecule has 1 fully saturated rings. The molecule has 3 aromatic heterocycles. The zero-order chi connectivity index (χ0) is 33.3. The molecule has 9 nitrogen and oxygen atoms in total. The van der Waals surface area contributed by atoms with Crippen LogP contribution in [0.25, 0.3) is 28.0 Å². The fourth-order valence-corrected chi connectivity index (χ4v) is 6.49. The van der Waals surface area contributed by atoms with Crippen LogP contribution in [0.4, 0.5) is 14.6 Å². The van der Waals surface area contributed by atoms with Gasteiger partial charge in [-0.2, -0.15) is 10.2 Å². The summed E-state index contributed by atoms with van der Waals surface area (Å²) < 4.78 is 32.9. The van der Waals surface area contributed by atoms with Crippen LogP contribution in [0.1, 0.15) is 37.9 Å². The molecule has 1 amide bonds. The van der Waals surface area contributed by atoms with Crippen LogP contribution in [0.2, 0.25) is 0 Å². The SMILES string of the molecule is C=CC(=O)N1C[C@H](C)N(c2nc(=O)n(-c3c(C)ccnc3C(C)C)c3nc(-c4c(F)cccc4SC)c(F)cc23)CC1/C=C/C#N. The number of hydrogen-bond acceptors (Lipinski definition) is 8. The Morgan fingerprint density at radius 1 is 1.20 bits per heavy atom. The molecule has 4 aromatic rings. The van der Waals surface area contributed by atoms with Gasteiger partial charge in [0.25, 0.3) is 0 Å². The molecule has 5 rings (SSSR count). The van der Waals surface area contributed by atoms with Crippen molar-refractivity contribution in [3.05, 3.63) is 94.7 Å². The standard InChI is InChI=1S/C34H33F2N7O2S/c1-7-27(44)42-17-21(5)41(18-22(42)10-9-14-37)32-23-16-25(36)30(28-24(35)11-8-12-26(28)46-6)39-33(23)43(34(45)40-32)31-20(4)13-15-38-29(31)19(2)3/h7-13,15-16,19,21-22H,1,17-18H2,2-6H3/b10-9+/t21-,22?/m0/s1. The third-order valence-electron chi connectivity index (χ3n) is 8.06. The van der Waals surface area contributed by atoms with Crippen molar-refractivity contribution >= 4 is 34.5 Å². The number of nitrogens with zero attached hydrogens (tertiary/aromatic N) is 7. The third-order valence-corrected chi connectivity index (χ3v) is 8.84. The Labute approximate surface area is 269 Å². The number of amides is 1. The van der Waals surface area contributed by atoms with Gasteiger partial charge < -0.3 is 9.80 Å². The monoisotopic (exact) mass is 641 g/mol. The smallest absolute Gasteiger partial charge is 0.349 e. The van der Waals surface area contributed by atoms with Crippen LogP contribution in [-0.2, 0) is 4.79 Å². The zero-order valence-electron chi connectivity index (χ0n) is 26.2. The summed E-state index contributed by atoms with van der Waals surface area (Å²) in [5, 5.41) is 9.43. The molecule has 2 atom stereocenters. The highest BCUT2D eigenvalue weighted by Gasteiger charge is 2.35. The van der Waals surface area contributed by atoms with Crippen molar-refractivity contribution in [1.29, 1.82) is 5.26 Å². The first-order valence-corrected chi connectivity index (χ1v) is 15.9. The molecule has 1 unspecified atom stereocenters. The first kappa shape index (κ1) is 32.5. The summed E-state index contributed by atoms with van der Waals surface area (Å²) in [6.45, 7) is 11.6. The molecule has 4 heterocycles. The second-order valence-electron chi connectivity index (χ2n) is 11.3. The van der Waals surface area contributed by atoms with E-state index in [-0.39, 0.29) is 59.1 Å². The average Bonchev–Trinajstić information content (AvgIpc) is 3.03. The van der Waals surface area contributed by atoms with E-state index in [1.54, 1.807) is 41.6 Å². The van der Waals surface area contributed by atoms with Crippen LogP contribution in [-0.4, -0.2) is 61.8 Å². The molecule has 0 bridgehead atoms. The fourth-order valence-electron chi connectivity index (χ4n) is 5.87. The predicted octanol–water partition coefficient (Wildman–Crippen LogP) is 5.95. The van der Waals surface area contributed by atoms with Gasteiger partial charge in [0.1, 0.15) is 17.3 Å². The van der Waals surface area contributed by atoms with E-state index in [9.17, 15) is 14.9 Å². The number of carbonyl (C=O) groups is 1. The molecule has 46 heavy (non-hydrogen) atoms. The largest absolute Gasteiger partial charge is 0.355 e. The fraction of sp³-hybridized carbons (Fsp3) is 0.294. The van der Waals surface area contributed by atoms with E-state index in [0.29, 0.717) is 16.3 Å². The molecule has 12 heteroatoms. The number of rotatable bonds is 7. The van der Waals surface area contributed by atoms with Crippen molar-refractivity contribution in [2.45, 2.75) is 50.6 Å². The van der Waals surface area contributed by atoms with Crippen LogP contribution >= 0.6 is 11.8 Å². The number of nitriles is 1. The summed E-state index contributed by atoms with van der Waals surface area (Å²) in [4.78, 5) is 44.5. The first-order chi connectivity index (χ1) is 22.0. The van der Waals surface area contributed by atoms with E-state index >= 15 is 8.78 Å². The number of fused-ring (bicyclic) bond motifs is 1. The maximum atomic E-state index is 16.2. The summed E-state index contributed by atoms with van der Waals surface area (Å²) in [7, 11) is 0. The average molecular weight is 642 g/mol. The highest BCUT2D eigenvalue weighted by atomic mass is 32.2. The number of aryl methyl sites for hydroxylation is 1. The molecule has 236 valence electrons. The van der Waals surface area contributed by atoms with Crippen molar-refractivity contribution in [1.82, 2.24) is 24.4 Å². The number of benzene rings is 1. The minimum absolute atomic E-state index is 0.00891. The number of piperazine rings is 1. The highest BCUT2D eigenvalue weighted by Crippen LogP contribution is 2.37. The number of pyridine rings is 2. The Balaban J connectivity index is 1.85. The Morgan fingerprint density at radius 3 is 2.63 bits per heavy atom. The topological polar surface area (TPSA) is 108 Å². The van der Waals surface area contributed by atoms with E-state index in [1.807, 2.05) is 38.7 Å². The van der Waals surface area contributed by atoms with Crippen molar-refractivity contribution in [2.24, 2.45) is 0 Å². The van der Waals surface area contributed by atoms with Crippen LogP contribution in [0.3, 0.4) is 0 Å². The lowest BCUT2D eigenvalue weighted by atomic mass is 10.0. The van der Waals surface area contributed by atoms with Gasteiger partial charge in [0.05, 0.1) is 34.4 Å². The molecule has 0 N–H and O–H groups in total. The van der Waals surface area contributed by atoms with Crippen molar-refractivity contribution in [3.63, 3.8) is 0 Å². The molecule has 1 saturated heterocycles. The minimum Gasteiger partial charge on any atom is -0.349 e. The van der Waals surface area contributed by atoms with Crippen molar-refractivity contribution in [3.8, 4) is 23.0 Å². The molecule has 1 aliphatic rings. The van der Waals surface area contributed by atoms with E-state index in [4.69, 9.17) is 4.98 Å². The van der Waals surface area contributed by atoms with Gasteiger partial charge in [0, 0.05) is 36.3 Å². The van der Waals surface area contributed by atoms with Gasteiger partial charge >= 0.3 is 5.69 Å². The number of allylic oxidation sites excluding steroid dienone is 1. The van der Waals surface area contributed by atoms with Gasteiger partial charge in [0.2, 0.25) is 5.91 Å². The molecule has 0 aliphatic carbocycles. The number of carbonyl (C=O) groups excluding carboxylic acids is 1. The second kappa shape index (κ2) is 13.2. The van der Waals surface area contributed by atoms with Gasteiger partial charge in [0.15, 0.2) is 11.5 Å². The third kappa shape index (κ3) is 5.78. The lowest BCUT2D eigenvalue weighted by molar-refractivity contribution is -0.128. The summed E-state index contributed by atoms with van der Waals surface area (Å²) in [5.74, 6) is -1.68. The number of thioether (sulfide) groups is 1. The molecule has 1 aliphatic heterocycles. The van der Waals surface area contributed by atoms with Gasteiger partial charge in [-0.1, -0.05) is 26.5 Å². The lowest BCUT2D eigenvalue weighted by Gasteiger charge is -2.44. The number of halogens is 2. The Kier molecular flexibility index (Phi) is 9.34. The zero-order valence-corrected chi connectivity index (χ0v) is 27.0. The summed E-state index contributed by atoms with van der Waals surface area (Å²) in [6.07, 6.45) is 7.51.